The first-order valence-electron chi connectivity index (χ1n) is 8.35. The fourth-order valence-corrected chi connectivity index (χ4v) is 2.40. The molecule has 0 aliphatic heterocycles. The molecule has 2 aromatic rings. The number of carbonyl (C=O) groups excluding carboxylic acids is 1. The lowest BCUT2D eigenvalue weighted by Gasteiger charge is -2.14. The van der Waals surface area contributed by atoms with E-state index in [1.807, 2.05) is 75.4 Å². The zero-order chi connectivity index (χ0) is 17.4. The Kier molecular flexibility index (Phi) is 6.82. The van der Waals surface area contributed by atoms with Gasteiger partial charge >= 0.3 is 0 Å². The Morgan fingerprint density at radius 3 is 2.29 bits per heavy atom. The fraction of sp³-hybridized carbons (Fsp3) is 0.350. The molecule has 24 heavy (non-hydrogen) atoms. The predicted octanol–water partition coefficient (Wildman–Crippen LogP) is 3.44. The van der Waals surface area contributed by atoms with E-state index in [1.54, 1.807) is 0 Å². The van der Waals surface area contributed by atoms with Gasteiger partial charge in [0.25, 0.3) is 0 Å². The molecular formula is C20H26N2O2. The van der Waals surface area contributed by atoms with Crippen LogP contribution in [0.2, 0.25) is 0 Å². The molecule has 4 heteroatoms. The fourth-order valence-electron chi connectivity index (χ4n) is 2.40. The summed E-state index contributed by atoms with van der Waals surface area (Å²) in [5.41, 5.74) is 2.22. The quantitative estimate of drug-likeness (QED) is 0.781. The first-order valence-corrected chi connectivity index (χ1v) is 8.35. The second-order valence-electron chi connectivity index (χ2n) is 6.11. The van der Waals surface area contributed by atoms with Crippen LogP contribution in [0.15, 0.2) is 54.6 Å². The van der Waals surface area contributed by atoms with Gasteiger partial charge in [-0.2, -0.15) is 0 Å². The van der Waals surface area contributed by atoms with Crippen molar-refractivity contribution in [1.82, 2.24) is 10.6 Å². The normalized spacial score (nSPS) is 12.0. The van der Waals surface area contributed by atoms with Crippen molar-refractivity contribution in [2.45, 2.75) is 39.5 Å². The van der Waals surface area contributed by atoms with Crippen LogP contribution in [0.4, 0.5) is 0 Å². The molecule has 0 fully saturated rings. The second kappa shape index (κ2) is 9.08. The Bertz CT molecular complexity index is 624. The molecule has 0 saturated carbocycles. The lowest BCUT2D eigenvalue weighted by molar-refractivity contribution is -0.120. The molecule has 1 unspecified atom stereocenters. The Labute approximate surface area is 144 Å². The first kappa shape index (κ1) is 18.0. The molecule has 4 nitrogen and oxygen atoms in total. The molecule has 0 aromatic heterocycles. The average molecular weight is 326 g/mol. The van der Waals surface area contributed by atoms with Crippen LogP contribution < -0.4 is 15.4 Å². The molecule has 0 radical (unpaired) electrons. The van der Waals surface area contributed by atoms with E-state index in [9.17, 15) is 4.79 Å². The van der Waals surface area contributed by atoms with Crippen LogP contribution in [-0.4, -0.2) is 18.6 Å². The van der Waals surface area contributed by atoms with E-state index in [4.69, 9.17) is 4.74 Å². The highest BCUT2D eigenvalue weighted by Gasteiger charge is 2.08. The SMILES string of the molecule is CC(C)Oc1ccc(CNCC(=O)NC(C)c2ccccc2)cc1. The third-order valence-corrected chi connectivity index (χ3v) is 3.59. The van der Waals surface area contributed by atoms with Gasteiger partial charge in [-0.3, -0.25) is 4.79 Å². The Morgan fingerprint density at radius 1 is 1.00 bits per heavy atom. The van der Waals surface area contributed by atoms with E-state index >= 15 is 0 Å². The Hall–Kier alpha value is -2.33. The van der Waals surface area contributed by atoms with Gasteiger partial charge in [0.1, 0.15) is 5.75 Å². The summed E-state index contributed by atoms with van der Waals surface area (Å²) in [6, 6.07) is 17.9. The van der Waals surface area contributed by atoms with Gasteiger partial charge in [-0.25, -0.2) is 0 Å². The molecule has 1 amide bonds. The lowest BCUT2D eigenvalue weighted by Crippen LogP contribution is -2.35. The van der Waals surface area contributed by atoms with Crippen molar-refractivity contribution in [2.75, 3.05) is 6.54 Å². The molecular weight excluding hydrogens is 300 g/mol. The van der Waals surface area contributed by atoms with Gasteiger partial charge in [0, 0.05) is 6.54 Å². The summed E-state index contributed by atoms with van der Waals surface area (Å²) in [6.45, 7) is 6.94. The average Bonchev–Trinajstić information content (AvgIpc) is 2.57. The topological polar surface area (TPSA) is 50.4 Å². The minimum atomic E-state index is -0.00823. The number of nitrogens with one attached hydrogen (secondary N) is 2. The highest BCUT2D eigenvalue weighted by molar-refractivity contribution is 5.78. The number of rotatable bonds is 8. The largest absolute Gasteiger partial charge is 0.491 e. The van der Waals surface area contributed by atoms with Gasteiger partial charge in [0.2, 0.25) is 5.91 Å². The zero-order valence-electron chi connectivity index (χ0n) is 14.6. The van der Waals surface area contributed by atoms with Gasteiger partial charge in [0.05, 0.1) is 18.7 Å². The summed E-state index contributed by atoms with van der Waals surface area (Å²) in [6.07, 6.45) is 0.171. The molecule has 2 rings (SSSR count). The number of ether oxygens (including phenoxy) is 1. The Morgan fingerprint density at radius 2 is 1.67 bits per heavy atom. The molecule has 0 aliphatic carbocycles. The predicted molar refractivity (Wildman–Crippen MR) is 96.9 cm³/mol. The number of hydrogen-bond donors (Lipinski definition) is 2. The van der Waals surface area contributed by atoms with Crippen molar-refractivity contribution in [3.05, 3.63) is 65.7 Å². The van der Waals surface area contributed by atoms with E-state index in [0.29, 0.717) is 13.1 Å². The molecule has 0 heterocycles. The summed E-state index contributed by atoms with van der Waals surface area (Å²) in [5, 5.41) is 6.16. The molecule has 0 bridgehead atoms. The van der Waals surface area contributed by atoms with Crippen LogP contribution in [0.25, 0.3) is 0 Å². The molecule has 0 aliphatic rings. The van der Waals surface area contributed by atoms with E-state index in [1.165, 1.54) is 0 Å². The van der Waals surface area contributed by atoms with Crippen molar-refractivity contribution < 1.29 is 9.53 Å². The molecule has 0 saturated heterocycles. The molecule has 0 spiro atoms. The van der Waals surface area contributed by atoms with Gasteiger partial charge in [-0.1, -0.05) is 42.5 Å². The summed E-state index contributed by atoms with van der Waals surface area (Å²) in [5.74, 6) is 0.856. The first-order chi connectivity index (χ1) is 11.5. The smallest absolute Gasteiger partial charge is 0.234 e. The van der Waals surface area contributed by atoms with E-state index in [-0.39, 0.29) is 18.1 Å². The summed E-state index contributed by atoms with van der Waals surface area (Å²) in [4.78, 5) is 12.0. The molecule has 1 atom stereocenters. The number of hydrogen-bond acceptors (Lipinski definition) is 3. The van der Waals surface area contributed by atoms with Crippen molar-refractivity contribution in [2.24, 2.45) is 0 Å². The number of benzene rings is 2. The second-order valence-corrected chi connectivity index (χ2v) is 6.11. The van der Waals surface area contributed by atoms with Crippen molar-refractivity contribution in [1.29, 1.82) is 0 Å². The van der Waals surface area contributed by atoms with Gasteiger partial charge in [0.15, 0.2) is 0 Å². The van der Waals surface area contributed by atoms with Crippen molar-refractivity contribution >= 4 is 5.91 Å². The highest BCUT2D eigenvalue weighted by Crippen LogP contribution is 2.14. The monoisotopic (exact) mass is 326 g/mol. The van der Waals surface area contributed by atoms with Crippen LogP contribution in [0.5, 0.6) is 5.75 Å². The van der Waals surface area contributed by atoms with Crippen LogP contribution >= 0.6 is 0 Å². The molecule has 2 N–H and O–H groups in total. The maximum atomic E-state index is 12.0. The van der Waals surface area contributed by atoms with Gasteiger partial charge < -0.3 is 15.4 Å². The van der Waals surface area contributed by atoms with E-state index in [0.717, 1.165) is 16.9 Å². The van der Waals surface area contributed by atoms with Gasteiger partial charge in [-0.15, -0.1) is 0 Å². The van der Waals surface area contributed by atoms with Gasteiger partial charge in [-0.05, 0) is 44.0 Å². The van der Waals surface area contributed by atoms with E-state index in [2.05, 4.69) is 10.6 Å². The summed E-state index contributed by atoms with van der Waals surface area (Å²) < 4.78 is 5.61. The van der Waals surface area contributed by atoms with Crippen molar-refractivity contribution in [3.63, 3.8) is 0 Å². The number of amides is 1. The third kappa shape index (κ3) is 6.05. The lowest BCUT2D eigenvalue weighted by atomic mass is 10.1. The van der Waals surface area contributed by atoms with Crippen molar-refractivity contribution in [3.8, 4) is 5.75 Å². The highest BCUT2D eigenvalue weighted by atomic mass is 16.5. The van der Waals surface area contributed by atoms with Crippen LogP contribution in [0.3, 0.4) is 0 Å². The van der Waals surface area contributed by atoms with Crippen LogP contribution in [-0.2, 0) is 11.3 Å². The Balaban J connectivity index is 1.72. The zero-order valence-corrected chi connectivity index (χ0v) is 14.6. The standard InChI is InChI=1S/C20H26N2O2/c1-15(2)24-19-11-9-17(10-12-19)13-21-14-20(23)22-16(3)18-7-5-4-6-8-18/h4-12,15-16,21H,13-14H2,1-3H3,(H,22,23). The maximum absolute atomic E-state index is 12.0. The minimum Gasteiger partial charge on any atom is -0.491 e. The van der Waals surface area contributed by atoms with E-state index < -0.39 is 0 Å². The molecule has 128 valence electrons. The minimum absolute atomic E-state index is 0.00738. The van der Waals surface area contributed by atoms with Crippen LogP contribution in [0.1, 0.15) is 37.9 Å². The van der Waals surface area contributed by atoms with Crippen LogP contribution in [0, 0.1) is 0 Å². The number of carbonyl (C=O) groups is 1. The third-order valence-electron chi connectivity index (χ3n) is 3.59. The summed E-state index contributed by atoms with van der Waals surface area (Å²) in [7, 11) is 0. The molecule has 2 aromatic carbocycles. The maximum Gasteiger partial charge on any atom is 0.234 e. The summed E-state index contributed by atoms with van der Waals surface area (Å²) >= 11 is 0.